The van der Waals surface area contributed by atoms with Gasteiger partial charge in [0.25, 0.3) is 0 Å². The molecule has 2 heterocycles. The molecule has 1 aliphatic rings. The smallest absolute Gasteiger partial charge is 0.224 e. The van der Waals surface area contributed by atoms with Crippen LogP contribution in [0.15, 0.2) is 36.4 Å². The molecule has 3 rings (SSSR count). The number of piperidine rings is 1. The van der Waals surface area contributed by atoms with E-state index in [9.17, 15) is 4.79 Å². The highest BCUT2D eigenvalue weighted by atomic mass is 16.2. The van der Waals surface area contributed by atoms with Gasteiger partial charge in [-0.3, -0.25) is 9.48 Å². The molecular weight excluding hydrogens is 348 g/mol. The first-order valence-corrected chi connectivity index (χ1v) is 10.6. The Bertz CT molecular complexity index is 755. The molecule has 152 valence electrons. The molecule has 1 aromatic heterocycles. The van der Waals surface area contributed by atoms with Crippen molar-refractivity contribution in [3.63, 3.8) is 0 Å². The standard InChI is InChI=1S/C23H34N4O/c1-19-17-20(2)27(24-19)16-13-23(28)25(3)22-12-8-15-26(18-22)14-7-11-21-9-5-4-6-10-21/h4-6,9-10,17,22H,7-8,11-16,18H2,1-3H3/t22-/m0/s1. The number of carbonyl (C=O) groups is 1. The van der Waals surface area contributed by atoms with Crippen molar-refractivity contribution in [3.05, 3.63) is 53.3 Å². The second-order valence-corrected chi connectivity index (χ2v) is 8.09. The van der Waals surface area contributed by atoms with E-state index in [1.54, 1.807) is 0 Å². The molecule has 0 N–H and O–H groups in total. The highest BCUT2D eigenvalue weighted by Crippen LogP contribution is 2.17. The number of aryl methyl sites for hydroxylation is 4. The van der Waals surface area contributed by atoms with E-state index in [0.29, 0.717) is 19.0 Å². The fourth-order valence-electron chi connectivity index (χ4n) is 4.18. The Morgan fingerprint density at radius 3 is 2.71 bits per heavy atom. The summed E-state index contributed by atoms with van der Waals surface area (Å²) in [7, 11) is 1.97. The molecule has 1 fully saturated rings. The molecular formula is C23H34N4O. The van der Waals surface area contributed by atoms with E-state index in [1.165, 1.54) is 18.4 Å². The number of rotatable bonds is 8. The SMILES string of the molecule is Cc1cc(C)n(CCC(=O)N(C)[C@H]2CCCN(CCCc3ccccc3)C2)n1. The monoisotopic (exact) mass is 382 g/mol. The van der Waals surface area contributed by atoms with Crippen molar-refractivity contribution < 1.29 is 4.79 Å². The highest BCUT2D eigenvalue weighted by Gasteiger charge is 2.25. The predicted molar refractivity (Wildman–Crippen MR) is 113 cm³/mol. The molecule has 5 nitrogen and oxygen atoms in total. The summed E-state index contributed by atoms with van der Waals surface area (Å²) in [4.78, 5) is 17.2. The van der Waals surface area contributed by atoms with Gasteiger partial charge in [0.1, 0.15) is 0 Å². The van der Waals surface area contributed by atoms with Crippen LogP contribution in [0.3, 0.4) is 0 Å². The van der Waals surface area contributed by atoms with Gasteiger partial charge in [-0.2, -0.15) is 5.10 Å². The Morgan fingerprint density at radius 1 is 1.21 bits per heavy atom. The minimum Gasteiger partial charge on any atom is -0.341 e. The third-order valence-corrected chi connectivity index (χ3v) is 5.85. The number of hydrogen-bond donors (Lipinski definition) is 0. The van der Waals surface area contributed by atoms with E-state index in [-0.39, 0.29) is 5.91 Å². The van der Waals surface area contributed by atoms with E-state index in [2.05, 4.69) is 46.4 Å². The summed E-state index contributed by atoms with van der Waals surface area (Å²) < 4.78 is 1.94. The minimum absolute atomic E-state index is 0.226. The first kappa shape index (κ1) is 20.6. The van der Waals surface area contributed by atoms with Crippen molar-refractivity contribution in [3.8, 4) is 0 Å². The molecule has 0 unspecified atom stereocenters. The molecule has 1 amide bonds. The normalized spacial score (nSPS) is 17.6. The van der Waals surface area contributed by atoms with E-state index < -0.39 is 0 Å². The third kappa shape index (κ3) is 5.68. The number of likely N-dealkylation sites (N-methyl/N-ethyl adjacent to an activating group) is 1. The van der Waals surface area contributed by atoms with Crippen LogP contribution in [-0.4, -0.2) is 58.2 Å². The van der Waals surface area contributed by atoms with E-state index in [0.717, 1.165) is 43.9 Å². The summed E-state index contributed by atoms with van der Waals surface area (Å²) in [5.41, 5.74) is 3.54. The molecule has 1 atom stereocenters. The molecule has 0 spiro atoms. The van der Waals surface area contributed by atoms with Crippen molar-refractivity contribution in [2.24, 2.45) is 0 Å². The van der Waals surface area contributed by atoms with Gasteiger partial charge in [-0.25, -0.2) is 0 Å². The van der Waals surface area contributed by atoms with Gasteiger partial charge in [0.2, 0.25) is 5.91 Å². The second kappa shape index (κ2) is 9.87. The van der Waals surface area contributed by atoms with Crippen molar-refractivity contribution in [1.29, 1.82) is 0 Å². The summed E-state index contributed by atoms with van der Waals surface area (Å²) in [6.07, 6.45) is 5.09. The van der Waals surface area contributed by atoms with Gasteiger partial charge in [0, 0.05) is 38.3 Å². The zero-order valence-corrected chi connectivity index (χ0v) is 17.6. The van der Waals surface area contributed by atoms with Crippen LogP contribution in [0, 0.1) is 13.8 Å². The van der Waals surface area contributed by atoms with Crippen LogP contribution in [0.25, 0.3) is 0 Å². The number of hydrogen-bond acceptors (Lipinski definition) is 3. The van der Waals surface area contributed by atoms with Crippen LogP contribution < -0.4 is 0 Å². The highest BCUT2D eigenvalue weighted by molar-refractivity contribution is 5.76. The van der Waals surface area contributed by atoms with Crippen LogP contribution in [0.4, 0.5) is 0 Å². The Kier molecular flexibility index (Phi) is 7.26. The largest absolute Gasteiger partial charge is 0.341 e. The van der Waals surface area contributed by atoms with Crippen LogP contribution in [-0.2, 0) is 17.8 Å². The summed E-state index contributed by atoms with van der Waals surface area (Å²) in [6.45, 7) is 7.96. The second-order valence-electron chi connectivity index (χ2n) is 8.09. The number of likely N-dealkylation sites (tertiary alicyclic amines) is 1. The van der Waals surface area contributed by atoms with Gasteiger partial charge < -0.3 is 9.80 Å². The average molecular weight is 383 g/mol. The Hall–Kier alpha value is -2.14. The number of amides is 1. The van der Waals surface area contributed by atoms with Crippen LogP contribution in [0.5, 0.6) is 0 Å². The van der Waals surface area contributed by atoms with Gasteiger partial charge in [0.15, 0.2) is 0 Å². The molecule has 0 aliphatic carbocycles. The third-order valence-electron chi connectivity index (χ3n) is 5.85. The molecule has 1 saturated heterocycles. The van der Waals surface area contributed by atoms with Gasteiger partial charge in [-0.05, 0) is 64.3 Å². The first-order chi connectivity index (χ1) is 13.5. The minimum atomic E-state index is 0.226. The van der Waals surface area contributed by atoms with Crippen LogP contribution >= 0.6 is 0 Å². The molecule has 2 aromatic rings. The maximum atomic E-state index is 12.7. The molecule has 28 heavy (non-hydrogen) atoms. The Balaban J connectivity index is 1.43. The molecule has 1 aromatic carbocycles. The van der Waals surface area contributed by atoms with E-state index in [4.69, 9.17) is 0 Å². The molecule has 5 heteroatoms. The molecule has 1 aliphatic heterocycles. The number of carbonyl (C=O) groups excluding carboxylic acids is 1. The Labute approximate surface area is 169 Å². The van der Waals surface area contributed by atoms with Crippen molar-refractivity contribution in [2.75, 3.05) is 26.7 Å². The van der Waals surface area contributed by atoms with Crippen molar-refractivity contribution in [2.45, 2.75) is 58.5 Å². The number of aromatic nitrogens is 2. The Morgan fingerprint density at radius 2 is 2.00 bits per heavy atom. The maximum absolute atomic E-state index is 12.7. The van der Waals surface area contributed by atoms with Gasteiger partial charge >= 0.3 is 0 Å². The fourth-order valence-corrected chi connectivity index (χ4v) is 4.18. The van der Waals surface area contributed by atoms with Gasteiger partial charge in [-0.1, -0.05) is 30.3 Å². The predicted octanol–water partition coefficient (Wildman–Crippen LogP) is 3.45. The fraction of sp³-hybridized carbons (Fsp3) is 0.565. The molecule has 0 bridgehead atoms. The summed E-state index contributed by atoms with van der Waals surface area (Å²) in [5, 5.41) is 4.46. The number of benzene rings is 1. The number of nitrogens with zero attached hydrogens (tertiary/aromatic N) is 4. The lowest BCUT2D eigenvalue weighted by Crippen LogP contribution is -2.48. The summed E-state index contributed by atoms with van der Waals surface area (Å²) >= 11 is 0. The van der Waals surface area contributed by atoms with E-state index >= 15 is 0 Å². The zero-order valence-electron chi connectivity index (χ0n) is 17.6. The van der Waals surface area contributed by atoms with Crippen molar-refractivity contribution in [1.82, 2.24) is 19.6 Å². The summed E-state index contributed by atoms with van der Waals surface area (Å²) in [5.74, 6) is 0.226. The quantitative estimate of drug-likeness (QED) is 0.702. The maximum Gasteiger partial charge on any atom is 0.224 e. The van der Waals surface area contributed by atoms with Gasteiger partial charge in [-0.15, -0.1) is 0 Å². The van der Waals surface area contributed by atoms with Gasteiger partial charge in [0.05, 0.1) is 5.69 Å². The van der Waals surface area contributed by atoms with E-state index in [1.807, 2.05) is 30.5 Å². The lowest BCUT2D eigenvalue weighted by atomic mass is 10.0. The summed E-state index contributed by atoms with van der Waals surface area (Å²) in [6, 6.07) is 13.1. The average Bonchev–Trinajstić information content (AvgIpc) is 3.03. The first-order valence-electron chi connectivity index (χ1n) is 10.6. The zero-order chi connectivity index (χ0) is 19.9. The lowest BCUT2D eigenvalue weighted by Gasteiger charge is -2.37. The topological polar surface area (TPSA) is 41.4 Å². The van der Waals surface area contributed by atoms with Crippen molar-refractivity contribution >= 4 is 5.91 Å². The lowest BCUT2D eigenvalue weighted by molar-refractivity contribution is -0.133. The van der Waals surface area contributed by atoms with Crippen LogP contribution in [0.2, 0.25) is 0 Å². The molecule has 0 radical (unpaired) electrons. The van der Waals surface area contributed by atoms with Crippen LogP contribution in [0.1, 0.15) is 42.6 Å². The molecule has 0 saturated carbocycles.